The zero-order valence-electron chi connectivity index (χ0n) is 12.0. The first kappa shape index (κ1) is 13.5. The van der Waals surface area contributed by atoms with Crippen LogP contribution in [0.15, 0.2) is 6.33 Å². The molecule has 1 aromatic rings. The molecule has 2 aliphatic rings. The summed E-state index contributed by atoms with van der Waals surface area (Å²) in [5.74, 6) is 0.396. The monoisotopic (exact) mass is 279 g/mol. The van der Waals surface area contributed by atoms with E-state index in [-0.39, 0.29) is 5.91 Å². The quantitative estimate of drug-likeness (QED) is 0.876. The van der Waals surface area contributed by atoms with Gasteiger partial charge in [-0.15, -0.1) is 10.2 Å². The Morgan fingerprint density at radius 3 is 3.00 bits per heavy atom. The molecule has 1 saturated heterocycles. The molecule has 1 aliphatic carbocycles. The van der Waals surface area contributed by atoms with Gasteiger partial charge in [-0.1, -0.05) is 0 Å². The van der Waals surface area contributed by atoms with Gasteiger partial charge in [-0.25, -0.2) is 0 Å². The standard InChI is InChI=1S/C13H21N5O2/c1-9(2)17-5-6-20-11(7-17)12(19)15-13-16-14-8-18(13)10-3-4-10/h8-11H,3-7H2,1-2H3,(H,15,16,19). The number of morpholine rings is 1. The van der Waals surface area contributed by atoms with Gasteiger partial charge in [-0.05, 0) is 26.7 Å². The number of nitrogens with zero attached hydrogens (tertiary/aromatic N) is 4. The van der Waals surface area contributed by atoms with Crippen molar-refractivity contribution >= 4 is 11.9 Å². The third kappa shape index (κ3) is 2.83. The molecule has 1 atom stereocenters. The van der Waals surface area contributed by atoms with Crippen LogP contribution in [-0.2, 0) is 9.53 Å². The van der Waals surface area contributed by atoms with Crippen LogP contribution in [0.2, 0.25) is 0 Å². The summed E-state index contributed by atoms with van der Waals surface area (Å²) in [6.45, 7) is 6.35. The molecule has 1 unspecified atom stereocenters. The minimum Gasteiger partial charge on any atom is -0.366 e. The van der Waals surface area contributed by atoms with Gasteiger partial charge >= 0.3 is 0 Å². The summed E-state index contributed by atoms with van der Waals surface area (Å²) in [6.07, 6.45) is 3.50. The number of carbonyl (C=O) groups is 1. The third-order valence-electron chi connectivity index (χ3n) is 3.87. The van der Waals surface area contributed by atoms with E-state index >= 15 is 0 Å². The number of carbonyl (C=O) groups excluding carboxylic acids is 1. The van der Waals surface area contributed by atoms with Crippen molar-refractivity contribution in [2.24, 2.45) is 0 Å². The molecule has 2 fully saturated rings. The molecular weight excluding hydrogens is 258 g/mol. The molecule has 0 aromatic carbocycles. The first-order valence-electron chi connectivity index (χ1n) is 7.21. The summed E-state index contributed by atoms with van der Waals surface area (Å²) in [6, 6.07) is 0.865. The minimum atomic E-state index is -0.435. The fourth-order valence-electron chi connectivity index (χ4n) is 2.44. The van der Waals surface area contributed by atoms with Crippen molar-refractivity contribution in [1.29, 1.82) is 0 Å². The fraction of sp³-hybridized carbons (Fsp3) is 0.769. The van der Waals surface area contributed by atoms with Crippen LogP contribution in [0.4, 0.5) is 5.95 Å². The van der Waals surface area contributed by atoms with Crippen LogP contribution in [0.5, 0.6) is 0 Å². The highest BCUT2D eigenvalue weighted by atomic mass is 16.5. The molecule has 0 spiro atoms. The van der Waals surface area contributed by atoms with E-state index in [2.05, 4.69) is 34.3 Å². The molecule has 7 nitrogen and oxygen atoms in total. The van der Waals surface area contributed by atoms with Crippen molar-refractivity contribution < 1.29 is 9.53 Å². The third-order valence-corrected chi connectivity index (χ3v) is 3.87. The Balaban J connectivity index is 1.62. The Bertz CT molecular complexity index is 483. The maximum absolute atomic E-state index is 12.3. The number of amides is 1. The van der Waals surface area contributed by atoms with Crippen molar-refractivity contribution in [2.75, 3.05) is 25.0 Å². The van der Waals surface area contributed by atoms with Crippen LogP contribution < -0.4 is 5.32 Å². The van der Waals surface area contributed by atoms with Gasteiger partial charge < -0.3 is 4.74 Å². The Hall–Kier alpha value is -1.47. The van der Waals surface area contributed by atoms with Gasteiger partial charge in [0.2, 0.25) is 5.95 Å². The van der Waals surface area contributed by atoms with Gasteiger partial charge in [0.25, 0.3) is 5.91 Å². The van der Waals surface area contributed by atoms with Crippen LogP contribution in [0, 0.1) is 0 Å². The molecule has 1 amide bonds. The van der Waals surface area contributed by atoms with Crippen molar-refractivity contribution in [3.8, 4) is 0 Å². The number of hydrogen-bond donors (Lipinski definition) is 1. The second kappa shape index (κ2) is 5.49. The van der Waals surface area contributed by atoms with Gasteiger partial charge in [0, 0.05) is 25.2 Å². The number of hydrogen-bond acceptors (Lipinski definition) is 5. The number of ether oxygens (including phenoxy) is 1. The van der Waals surface area contributed by atoms with Crippen LogP contribution in [0.3, 0.4) is 0 Å². The zero-order valence-corrected chi connectivity index (χ0v) is 12.0. The minimum absolute atomic E-state index is 0.134. The molecule has 20 heavy (non-hydrogen) atoms. The SMILES string of the molecule is CC(C)N1CCOC(C(=O)Nc2nncn2C2CC2)C1. The molecule has 1 N–H and O–H groups in total. The maximum atomic E-state index is 12.3. The highest BCUT2D eigenvalue weighted by Crippen LogP contribution is 2.36. The number of rotatable bonds is 4. The molecule has 1 aliphatic heterocycles. The number of nitrogens with one attached hydrogen (secondary N) is 1. The lowest BCUT2D eigenvalue weighted by atomic mass is 10.2. The number of aromatic nitrogens is 3. The molecule has 7 heteroatoms. The van der Waals surface area contributed by atoms with Gasteiger partial charge in [-0.3, -0.25) is 19.6 Å². The lowest BCUT2D eigenvalue weighted by molar-refractivity contribution is -0.134. The predicted molar refractivity (Wildman–Crippen MR) is 73.4 cm³/mol. The summed E-state index contributed by atoms with van der Waals surface area (Å²) in [5.41, 5.74) is 0. The van der Waals surface area contributed by atoms with Crippen LogP contribution in [0.1, 0.15) is 32.7 Å². The summed E-state index contributed by atoms with van der Waals surface area (Å²) in [5, 5.41) is 10.7. The highest BCUT2D eigenvalue weighted by Gasteiger charge is 2.31. The summed E-state index contributed by atoms with van der Waals surface area (Å²) in [4.78, 5) is 14.5. The van der Waals surface area contributed by atoms with Crippen LogP contribution >= 0.6 is 0 Å². The lowest BCUT2D eigenvalue weighted by Gasteiger charge is -2.34. The topological polar surface area (TPSA) is 72.3 Å². The molecule has 1 aromatic heterocycles. The van der Waals surface area contributed by atoms with Crippen molar-refractivity contribution in [2.45, 2.75) is 44.9 Å². The number of anilines is 1. The Labute approximate surface area is 118 Å². The molecule has 3 rings (SSSR count). The molecule has 0 bridgehead atoms. The summed E-state index contributed by atoms with van der Waals surface area (Å²) < 4.78 is 7.51. The van der Waals surface area contributed by atoms with E-state index in [1.165, 1.54) is 0 Å². The van der Waals surface area contributed by atoms with E-state index in [1.807, 2.05) is 4.57 Å². The van der Waals surface area contributed by atoms with Gasteiger partial charge in [0.05, 0.1) is 6.61 Å². The average Bonchev–Trinajstić information content (AvgIpc) is 3.19. The van der Waals surface area contributed by atoms with Gasteiger partial charge in [0.15, 0.2) is 0 Å². The second-order valence-corrected chi connectivity index (χ2v) is 5.73. The van der Waals surface area contributed by atoms with E-state index in [0.717, 1.165) is 19.4 Å². The molecule has 1 saturated carbocycles. The molecule has 2 heterocycles. The van der Waals surface area contributed by atoms with Crippen molar-refractivity contribution in [1.82, 2.24) is 19.7 Å². The van der Waals surface area contributed by atoms with Crippen molar-refractivity contribution in [3.63, 3.8) is 0 Å². The first-order chi connectivity index (χ1) is 9.65. The second-order valence-electron chi connectivity index (χ2n) is 5.73. The normalized spacial score (nSPS) is 24.1. The maximum Gasteiger partial charge on any atom is 0.257 e. The lowest BCUT2D eigenvalue weighted by Crippen LogP contribution is -2.50. The summed E-state index contributed by atoms with van der Waals surface area (Å²) >= 11 is 0. The smallest absolute Gasteiger partial charge is 0.257 e. The van der Waals surface area contributed by atoms with E-state index in [0.29, 0.717) is 31.2 Å². The van der Waals surface area contributed by atoms with E-state index in [1.54, 1.807) is 6.33 Å². The fourth-order valence-corrected chi connectivity index (χ4v) is 2.44. The Morgan fingerprint density at radius 1 is 1.50 bits per heavy atom. The Morgan fingerprint density at radius 2 is 2.30 bits per heavy atom. The van der Waals surface area contributed by atoms with E-state index < -0.39 is 6.10 Å². The van der Waals surface area contributed by atoms with Gasteiger partial charge in [-0.2, -0.15) is 0 Å². The first-order valence-corrected chi connectivity index (χ1v) is 7.21. The van der Waals surface area contributed by atoms with E-state index in [9.17, 15) is 4.79 Å². The molecule has 110 valence electrons. The van der Waals surface area contributed by atoms with Crippen LogP contribution in [0.25, 0.3) is 0 Å². The zero-order chi connectivity index (χ0) is 14.1. The molecule has 0 radical (unpaired) electrons. The van der Waals surface area contributed by atoms with Crippen LogP contribution in [-0.4, -0.2) is 57.4 Å². The van der Waals surface area contributed by atoms with Gasteiger partial charge in [0.1, 0.15) is 12.4 Å². The Kier molecular flexibility index (Phi) is 3.71. The predicted octanol–water partition coefficient (Wildman–Crippen LogP) is 0.661. The summed E-state index contributed by atoms with van der Waals surface area (Å²) in [7, 11) is 0. The molecular formula is C13H21N5O2. The average molecular weight is 279 g/mol. The largest absolute Gasteiger partial charge is 0.366 e. The van der Waals surface area contributed by atoms with E-state index in [4.69, 9.17) is 4.74 Å². The van der Waals surface area contributed by atoms with Crippen molar-refractivity contribution in [3.05, 3.63) is 6.33 Å². The highest BCUT2D eigenvalue weighted by molar-refractivity contribution is 5.93.